The van der Waals surface area contributed by atoms with Crippen LogP contribution in [0.3, 0.4) is 0 Å². The maximum Gasteiger partial charge on any atom is 0.287 e. The van der Waals surface area contributed by atoms with Crippen LogP contribution in [0.25, 0.3) is 10.1 Å². The van der Waals surface area contributed by atoms with Crippen molar-refractivity contribution in [3.63, 3.8) is 0 Å². The van der Waals surface area contributed by atoms with Gasteiger partial charge in [-0.3, -0.25) is 28.8 Å². The number of likely N-dealkylation sites (N-methyl/N-ethyl adjacent to an activating group) is 1. The smallest absolute Gasteiger partial charge is 0.287 e. The normalized spacial score (nSPS) is 23.5. The largest absolute Gasteiger partial charge is 0.353 e. The van der Waals surface area contributed by atoms with Crippen molar-refractivity contribution in [1.82, 2.24) is 20.5 Å². The highest BCUT2D eigenvalue weighted by Crippen LogP contribution is 2.58. The number of rotatable bonds is 11. The lowest BCUT2D eigenvalue weighted by Crippen LogP contribution is -2.46. The number of benzene rings is 1. The van der Waals surface area contributed by atoms with Crippen LogP contribution in [0, 0.1) is 23.7 Å². The van der Waals surface area contributed by atoms with Crippen LogP contribution in [0.5, 0.6) is 0 Å². The zero-order valence-corrected chi connectivity index (χ0v) is 27.0. The Bertz CT molecular complexity index is 1750. The average Bonchev–Trinajstić information content (AvgIpc) is 3.64. The van der Waals surface area contributed by atoms with E-state index >= 15 is 0 Å². The number of thiophene rings is 1. The summed E-state index contributed by atoms with van der Waals surface area (Å²) in [5, 5.41) is 11.5. The molecule has 0 saturated heterocycles. The Morgan fingerprint density at radius 1 is 1.04 bits per heavy atom. The van der Waals surface area contributed by atoms with Crippen molar-refractivity contribution in [3.8, 4) is 0 Å². The summed E-state index contributed by atoms with van der Waals surface area (Å²) in [6.45, 7) is -0.185. The third-order valence-corrected chi connectivity index (χ3v) is 11.0. The molecule has 0 spiro atoms. The number of aromatic nitrogens is 1. The average molecular weight is 697 g/mol. The van der Waals surface area contributed by atoms with E-state index < -0.39 is 35.1 Å². The third-order valence-electron chi connectivity index (χ3n) is 9.44. The third kappa shape index (κ3) is 6.60. The highest BCUT2D eigenvalue weighted by Gasteiger charge is 2.54. The molecule has 236 valence electrons. The second-order valence-electron chi connectivity index (χ2n) is 12.3. The number of fused-ring (bicyclic) bond motifs is 1. The van der Waals surface area contributed by atoms with Crippen molar-refractivity contribution in [2.45, 2.75) is 57.2 Å². The quantitative estimate of drug-likeness (QED) is 0.226. The lowest BCUT2D eigenvalue weighted by atomic mass is 9.79. The van der Waals surface area contributed by atoms with E-state index in [-0.39, 0.29) is 37.0 Å². The maximum absolute atomic E-state index is 13.4. The Morgan fingerprint density at radius 2 is 1.84 bits per heavy atom. The van der Waals surface area contributed by atoms with E-state index in [2.05, 4.69) is 37.2 Å². The van der Waals surface area contributed by atoms with E-state index in [0.29, 0.717) is 22.6 Å². The molecule has 4 amide bonds. The summed E-state index contributed by atoms with van der Waals surface area (Å²) in [7, 11) is 1.33. The predicted molar refractivity (Wildman–Crippen MR) is 173 cm³/mol. The van der Waals surface area contributed by atoms with Crippen LogP contribution < -0.4 is 26.8 Å². The van der Waals surface area contributed by atoms with Gasteiger partial charge in [0.25, 0.3) is 17.4 Å². The van der Waals surface area contributed by atoms with E-state index in [9.17, 15) is 28.8 Å². The van der Waals surface area contributed by atoms with Gasteiger partial charge in [-0.25, -0.2) is 0 Å². The summed E-state index contributed by atoms with van der Waals surface area (Å²) >= 11 is 4.66. The number of anilines is 1. The summed E-state index contributed by atoms with van der Waals surface area (Å²) in [5.74, 6) is -0.530. The molecule has 0 radical (unpaired) electrons. The minimum Gasteiger partial charge on any atom is -0.353 e. The van der Waals surface area contributed by atoms with Gasteiger partial charge in [-0.05, 0) is 97.6 Å². The van der Waals surface area contributed by atoms with Gasteiger partial charge in [-0.2, -0.15) is 0 Å². The summed E-state index contributed by atoms with van der Waals surface area (Å²) in [4.78, 5) is 77.3. The highest BCUT2D eigenvalue weighted by molar-refractivity contribution is 9.10. The van der Waals surface area contributed by atoms with Crippen LogP contribution >= 0.6 is 27.3 Å². The molecular formula is C32H34BrN5O6S. The van der Waals surface area contributed by atoms with E-state index in [4.69, 9.17) is 0 Å². The summed E-state index contributed by atoms with van der Waals surface area (Å²) in [6, 6.07) is 9.21. The lowest BCUT2D eigenvalue weighted by molar-refractivity contribution is -0.137. The minimum atomic E-state index is -1.23. The molecule has 2 aromatic heterocycles. The Balaban J connectivity index is 1.14. The van der Waals surface area contributed by atoms with Gasteiger partial charge in [0.2, 0.25) is 17.6 Å². The van der Waals surface area contributed by atoms with Crippen LogP contribution in [-0.4, -0.2) is 53.1 Å². The molecule has 4 N–H and O–H groups in total. The molecule has 4 bridgehead atoms. The molecule has 7 rings (SSSR count). The van der Waals surface area contributed by atoms with Crippen LogP contribution in [0.1, 0.15) is 48.2 Å². The molecule has 11 nitrogen and oxygen atoms in total. The van der Waals surface area contributed by atoms with Gasteiger partial charge in [0.1, 0.15) is 18.3 Å². The molecule has 0 aliphatic heterocycles. The minimum absolute atomic E-state index is 0.0718. The van der Waals surface area contributed by atoms with Gasteiger partial charge in [0, 0.05) is 34.9 Å². The van der Waals surface area contributed by atoms with Gasteiger partial charge in [0.15, 0.2) is 0 Å². The lowest BCUT2D eigenvalue weighted by Gasteiger charge is -2.32. The van der Waals surface area contributed by atoms with Crippen LogP contribution in [0.15, 0.2) is 51.9 Å². The van der Waals surface area contributed by atoms with Crippen molar-refractivity contribution in [2.75, 3.05) is 12.4 Å². The van der Waals surface area contributed by atoms with Crippen molar-refractivity contribution < 1.29 is 24.0 Å². The molecule has 45 heavy (non-hydrogen) atoms. The van der Waals surface area contributed by atoms with Crippen molar-refractivity contribution in [1.29, 1.82) is 0 Å². The van der Waals surface area contributed by atoms with Crippen molar-refractivity contribution in [3.05, 3.63) is 62.3 Å². The van der Waals surface area contributed by atoms with Crippen LogP contribution in [0.4, 0.5) is 5.69 Å². The van der Waals surface area contributed by atoms with Crippen LogP contribution in [-0.2, 0) is 25.7 Å². The monoisotopic (exact) mass is 695 g/mol. The number of halogens is 1. The van der Waals surface area contributed by atoms with Gasteiger partial charge in [0.05, 0.1) is 4.88 Å². The standard InChI is InChI=1S/C32H34BrN5O6S/c1-34-30(42)24(39)6-5-22(35-31(43)26-14-18-13-20(33)4-7-25(18)45-26)29(41)36-23-3-2-8-38(32(23)44)15-27(40)37-28-19-10-16-9-17(12-19)21(28)11-16/h2-4,7-8,13-14,16-17,19,21-22,28H,5-6,9-12,15H2,1H3,(H,34,42)(H,35,43)(H,36,41)(H,37,40)/t16?,17?,19?,21?,22-,28?/m0/s1. The summed E-state index contributed by atoms with van der Waals surface area (Å²) in [5.41, 5.74) is -0.645. The zero-order chi connectivity index (χ0) is 31.8. The van der Waals surface area contributed by atoms with Gasteiger partial charge < -0.3 is 25.8 Å². The molecule has 4 aliphatic carbocycles. The second-order valence-corrected chi connectivity index (χ2v) is 14.3. The van der Waals surface area contributed by atoms with E-state index in [1.807, 2.05) is 18.2 Å². The van der Waals surface area contributed by atoms with E-state index in [1.54, 1.807) is 12.1 Å². The fraction of sp³-hybridized carbons (Fsp3) is 0.438. The molecule has 2 heterocycles. The van der Waals surface area contributed by atoms with Gasteiger partial charge in [-0.15, -0.1) is 11.3 Å². The molecule has 1 aromatic carbocycles. The molecule has 13 heteroatoms. The highest BCUT2D eigenvalue weighted by atomic mass is 79.9. The Kier molecular flexibility index (Phi) is 8.91. The number of amides is 4. The van der Waals surface area contributed by atoms with Crippen LogP contribution in [0.2, 0.25) is 0 Å². The molecule has 3 aromatic rings. The first-order chi connectivity index (χ1) is 21.6. The van der Waals surface area contributed by atoms with Crippen molar-refractivity contribution in [2.24, 2.45) is 23.7 Å². The zero-order valence-electron chi connectivity index (χ0n) is 24.6. The SMILES string of the molecule is CNC(=O)C(=O)CC[C@H](NC(=O)c1cc2cc(Br)ccc2s1)C(=O)Nc1cccn(CC(=O)NC2C3CC4CC(C3)C2C4)c1=O. The number of nitrogens with one attached hydrogen (secondary N) is 4. The van der Waals surface area contributed by atoms with Crippen molar-refractivity contribution >= 4 is 72.5 Å². The molecular weight excluding hydrogens is 662 g/mol. The Morgan fingerprint density at radius 3 is 2.62 bits per heavy atom. The first kappa shape index (κ1) is 31.2. The molecule has 4 saturated carbocycles. The fourth-order valence-electron chi connectivity index (χ4n) is 7.48. The number of hydrogen-bond donors (Lipinski definition) is 4. The first-order valence-electron chi connectivity index (χ1n) is 15.1. The summed E-state index contributed by atoms with van der Waals surface area (Å²) < 4.78 is 2.97. The number of hydrogen-bond acceptors (Lipinski definition) is 7. The Labute approximate surface area is 271 Å². The van der Waals surface area contributed by atoms with E-state index in [0.717, 1.165) is 26.9 Å². The number of carbonyl (C=O) groups excluding carboxylic acids is 5. The number of Topliss-reactive ketones (excluding diaryl/α,β-unsaturated/α-hetero) is 1. The number of ketones is 1. The number of pyridine rings is 1. The fourth-order valence-corrected chi connectivity index (χ4v) is 8.80. The maximum atomic E-state index is 13.4. The molecule has 6 atom stereocenters. The molecule has 4 aliphatic rings. The van der Waals surface area contributed by atoms with Gasteiger partial charge >= 0.3 is 0 Å². The predicted octanol–water partition coefficient (Wildman–Crippen LogP) is 3.21. The second kappa shape index (κ2) is 12.9. The number of carbonyl (C=O) groups is 5. The Hall–Kier alpha value is -3.84. The molecule has 5 unspecified atom stereocenters. The number of nitrogens with zero attached hydrogens (tertiary/aromatic N) is 1. The van der Waals surface area contributed by atoms with Gasteiger partial charge in [-0.1, -0.05) is 15.9 Å². The summed E-state index contributed by atoms with van der Waals surface area (Å²) in [6.07, 6.45) is 5.77. The van der Waals surface area contributed by atoms with E-state index in [1.165, 1.54) is 54.5 Å². The molecule has 4 fully saturated rings. The first-order valence-corrected chi connectivity index (χ1v) is 16.7. The topological polar surface area (TPSA) is 155 Å².